The number of para-hydroxylation sites is 1. The molecule has 2 heterocycles. The summed E-state index contributed by atoms with van der Waals surface area (Å²) in [6.07, 6.45) is 0. The summed E-state index contributed by atoms with van der Waals surface area (Å²) < 4.78 is 2.54. The summed E-state index contributed by atoms with van der Waals surface area (Å²) in [5.41, 5.74) is 5.15. The Labute approximate surface area is 199 Å². The minimum atomic E-state index is -0.121. The Balaban J connectivity index is 1.37. The molecule has 0 spiro atoms. The fraction of sp³-hybridized carbons (Fsp3) is 0.182. The van der Waals surface area contributed by atoms with E-state index in [9.17, 15) is 4.79 Å². The van der Waals surface area contributed by atoms with Gasteiger partial charge in [-0.25, -0.2) is 4.68 Å². The minimum Gasteiger partial charge on any atom is -0.330 e. The molecule has 2 N–H and O–H groups in total. The smallest absolute Gasteiger partial charge is 0.234 e. The minimum absolute atomic E-state index is 0.121. The highest BCUT2D eigenvalue weighted by molar-refractivity contribution is 8.01. The van der Waals surface area contributed by atoms with Crippen molar-refractivity contribution in [2.24, 2.45) is 0 Å². The van der Waals surface area contributed by atoms with E-state index >= 15 is 0 Å². The maximum absolute atomic E-state index is 12.6. The summed E-state index contributed by atoms with van der Waals surface area (Å²) >= 11 is 8.90. The molecule has 7 nitrogen and oxygen atoms in total. The van der Waals surface area contributed by atoms with Gasteiger partial charge in [0, 0.05) is 10.7 Å². The number of carbonyl (C=O) groups excluding carboxylic acids is 1. The number of rotatable bonds is 7. The molecule has 32 heavy (non-hydrogen) atoms. The van der Waals surface area contributed by atoms with Gasteiger partial charge in [0.05, 0.1) is 28.5 Å². The lowest BCUT2D eigenvalue weighted by atomic mass is 10.2. The van der Waals surface area contributed by atoms with Gasteiger partial charge in [0.25, 0.3) is 0 Å². The van der Waals surface area contributed by atoms with Crippen molar-refractivity contribution < 1.29 is 4.79 Å². The van der Waals surface area contributed by atoms with Crippen molar-refractivity contribution in [1.29, 1.82) is 0 Å². The van der Waals surface area contributed by atoms with E-state index in [4.69, 9.17) is 11.6 Å². The van der Waals surface area contributed by atoms with Crippen LogP contribution in [-0.4, -0.2) is 31.6 Å². The number of aromatic nitrogens is 4. The lowest BCUT2D eigenvalue weighted by molar-refractivity contribution is -0.113. The molecule has 4 aromatic rings. The highest BCUT2D eigenvalue weighted by Crippen LogP contribution is 2.31. The van der Waals surface area contributed by atoms with Crippen molar-refractivity contribution in [2.75, 3.05) is 16.4 Å². The molecule has 0 atom stereocenters. The van der Waals surface area contributed by atoms with Crippen molar-refractivity contribution in [3.05, 3.63) is 70.5 Å². The maximum Gasteiger partial charge on any atom is 0.234 e. The van der Waals surface area contributed by atoms with Gasteiger partial charge in [0.2, 0.25) is 11.0 Å². The van der Waals surface area contributed by atoms with Gasteiger partial charge in [0.15, 0.2) is 4.34 Å². The van der Waals surface area contributed by atoms with Crippen LogP contribution in [0, 0.1) is 20.8 Å². The Morgan fingerprint density at radius 3 is 2.66 bits per heavy atom. The predicted octanol–water partition coefficient (Wildman–Crippen LogP) is 5.78. The van der Waals surface area contributed by atoms with Crippen LogP contribution in [0.5, 0.6) is 0 Å². The van der Waals surface area contributed by atoms with E-state index in [1.807, 2.05) is 74.0 Å². The third-order valence-electron chi connectivity index (χ3n) is 4.80. The first kappa shape index (κ1) is 22.3. The summed E-state index contributed by atoms with van der Waals surface area (Å²) in [6.45, 7) is 5.77. The fourth-order valence-electron chi connectivity index (χ4n) is 3.12. The van der Waals surface area contributed by atoms with Crippen molar-refractivity contribution >= 4 is 57.1 Å². The first-order valence-electron chi connectivity index (χ1n) is 9.82. The molecule has 0 saturated heterocycles. The first-order valence-corrected chi connectivity index (χ1v) is 12.0. The molecule has 1 amide bonds. The number of halogens is 1. The standard InChI is InChI=1S/C22H21ClN6OS2/c1-13-17(23)10-7-11-18(13)24-21-26-27-22(32-21)31-12-19(30)25-20-14(2)28-29(15(20)3)16-8-5-4-6-9-16/h4-11H,12H2,1-3H3,(H,24,26)(H,25,30). The Bertz CT molecular complexity index is 1250. The lowest BCUT2D eigenvalue weighted by Gasteiger charge is -2.07. The summed E-state index contributed by atoms with van der Waals surface area (Å²) in [5.74, 6) is 0.101. The third-order valence-corrected chi connectivity index (χ3v) is 7.18. The van der Waals surface area contributed by atoms with Crippen molar-refractivity contribution in [3.63, 3.8) is 0 Å². The number of benzene rings is 2. The predicted molar refractivity (Wildman–Crippen MR) is 132 cm³/mol. The van der Waals surface area contributed by atoms with Gasteiger partial charge in [-0.1, -0.05) is 59.0 Å². The molecule has 0 aliphatic rings. The van der Waals surface area contributed by atoms with Gasteiger partial charge in [-0.05, 0) is 50.6 Å². The molecular formula is C22H21ClN6OS2. The van der Waals surface area contributed by atoms with Crippen LogP contribution in [0.2, 0.25) is 5.02 Å². The molecule has 4 rings (SSSR count). The number of carbonyl (C=O) groups is 1. The molecule has 2 aromatic carbocycles. The Morgan fingerprint density at radius 2 is 1.88 bits per heavy atom. The molecule has 10 heteroatoms. The Kier molecular flexibility index (Phi) is 6.78. The topological polar surface area (TPSA) is 84.7 Å². The summed E-state index contributed by atoms with van der Waals surface area (Å²) in [5, 5.41) is 20.4. The maximum atomic E-state index is 12.6. The SMILES string of the molecule is Cc1nn(-c2ccccc2)c(C)c1NC(=O)CSc1nnc(Nc2cccc(Cl)c2C)s1. The molecule has 0 fully saturated rings. The highest BCUT2D eigenvalue weighted by Gasteiger charge is 2.16. The molecule has 0 unspecified atom stereocenters. The van der Waals surface area contributed by atoms with Gasteiger partial charge >= 0.3 is 0 Å². The second-order valence-corrected chi connectivity index (χ2v) is 9.65. The molecule has 0 bridgehead atoms. The number of amides is 1. The summed E-state index contributed by atoms with van der Waals surface area (Å²) in [7, 11) is 0. The van der Waals surface area contributed by atoms with E-state index in [0.29, 0.717) is 14.5 Å². The molecular weight excluding hydrogens is 464 g/mol. The molecule has 164 valence electrons. The highest BCUT2D eigenvalue weighted by atomic mass is 35.5. The second-order valence-electron chi connectivity index (χ2n) is 7.04. The summed E-state index contributed by atoms with van der Waals surface area (Å²) in [6, 6.07) is 15.5. The van der Waals surface area contributed by atoms with Gasteiger partial charge in [-0.3, -0.25) is 4.79 Å². The fourth-order valence-corrected chi connectivity index (χ4v) is 4.86. The normalized spacial score (nSPS) is 10.9. The number of nitrogens with one attached hydrogen (secondary N) is 2. The number of thioether (sulfide) groups is 1. The van der Waals surface area contributed by atoms with E-state index in [1.165, 1.54) is 23.1 Å². The number of nitrogens with zero attached hydrogens (tertiary/aromatic N) is 4. The zero-order valence-electron chi connectivity index (χ0n) is 17.7. The average Bonchev–Trinajstić information content (AvgIpc) is 3.35. The van der Waals surface area contributed by atoms with Crippen molar-refractivity contribution in [1.82, 2.24) is 20.0 Å². The number of aryl methyl sites for hydroxylation is 1. The van der Waals surface area contributed by atoms with E-state index in [2.05, 4.69) is 25.9 Å². The van der Waals surface area contributed by atoms with Crippen molar-refractivity contribution in [3.8, 4) is 5.69 Å². The van der Waals surface area contributed by atoms with Crippen LogP contribution in [0.15, 0.2) is 52.9 Å². The zero-order chi connectivity index (χ0) is 22.7. The van der Waals surface area contributed by atoms with Gasteiger partial charge in [0.1, 0.15) is 0 Å². The second kappa shape index (κ2) is 9.72. The van der Waals surface area contributed by atoms with E-state index in [-0.39, 0.29) is 11.7 Å². The molecule has 0 aliphatic heterocycles. The lowest BCUT2D eigenvalue weighted by Crippen LogP contribution is -2.15. The van der Waals surface area contributed by atoms with Crippen LogP contribution in [0.3, 0.4) is 0 Å². The molecule has 0 saturated carbocycles. The third kappa shape index (κ3) is 4.95. The van der Waals surface area contributed by atoms with Crippen LogP contribution >= 0.6 is 34.7 Å². The monoisotopic (exact) mass is 484 g/mol. The first-order chi connectivity index (χ1) is 15.4. The quantitative estimate of drug-likeness (QED) is 0.323. The van der Waals surface area contributed by atoms with Crippen LogP contribution in [0.4, 0.5) is 16.5 Å². The van der Waals surface area contributed by atoms with E-state index < -0.39 is 0 Å². The Hall–Kier alpha value is -2.88. The number of hydrogen-bond donors (Lipinski definition) is 2. The van der Waals surface area contributed by atoms with Crippen LogP contribution in [-0.2, 0) is 4.79 Å². The van der Waals surface area contributed by atoms with Gasteiger partial charge in [-0.15, -0.1) is 10.2 Å². The number of anilines is 3. The zero-order valence-corrected chi connectivity index (χ0v) is 20.1. The van der Waals surface area contributed by atoms with Gasteiger partial charge < -0.3 is 10.6 Å². The largest absolute Gasteiger partial charge is 0.330 e. The van der Waals surface area contributed by atoms with Crippen molar-refractivity contribution in [2.45, 2.75) is 25.1 Å². The van der Waals surface area contributed by atoms with E-state index in [0.717, 1.165) is 34.0 Å². The molecule has 0 aliphatic carbocycles. The van der Waals surface area contributed by atoms with Crippen LogP contribution in [0.25, 0.3) is 5.69 Å². The molecule has 0 radical (unpaired) electrons. The van der Waals surface area contributed by atoms with Gasteiger partial charge in [-0.2, -0.15) is 5.10 Å². The number of hydrogen-bond acceptors (Lipinski definition) is 7. The van der Waals surface area contributed by atoms with E-state index in [1.54, 1.807) is 0 Å². The Morgan fingerprint density at radius 1 is 1.09 bits per heavy atom. The van der Waals surface area contributed by atoms with Crippen LogP contribution < -0.4 is 10.6 Å². The summed E-state index contributed by atoms with van der Waals surface area (Å²) in [4.78, 5) is 12.6. The molecule has 2 aromatic heterocycles. The van der Waals surface area contributed by atoms with Crippen LogP contribution in [0.1, 0.15) is 17.0 Å². The average molecular weight is 485 g/mol.